The Kier molecular flexibility index (Phi) is 5.25. The lowest BCUT2D eigenvalue weighted by Crippen LogP contribution is -2.35. The maximum Gasteiger partial charge on any atom is 0.323 e. The number of sulfonamides is 1. The fourth-order valence-electron chi connectivity index (χ4n) is 3.53. The number of imidazole rings is 1. The number of hydrogen-bond acceptors (Lipinski definition) is 4. The highest BCUT2D eigenvalue weighted by Gasteiger charge is 2.25. The number of hydrogen-bond donors (Lipinski definition) is 3. The van der Waals surface area contributed by atoms with Crippen LogP contribution in [0.5, 0.6) is 0 Å². The van der Waals surface area contributed by atoms with Gasteiger partial charge in [0.25, 0.3) is 0 Å². The number of nitrogens with one attached hydrogen (secondary N) is 3. The summed E-state index contributed by atoms with van der Waals surface area (Å²) < 4.78 is 26.9. The van der Waals surface area contributed by atoms with E-state index < -0.39 is 10.0 Å². The number of aromatic amines is 2. The van der Waals surface area contributed by atoms with Crippen LogP contribution in [-0.4, -0.2) is 41.7 Å². The zero-order valence-electron chi connectivity index (χ0n) is 15.8. The number of H-pyrrole nitrogens is 2. The van der Waals surface area contributed by atoms with E-state index in [1.807, 2.05) is 0 Å². The number of rotatable bonds is 5. The summed E-state index contributed by atoms with van der Waals surface area (Å²) in [4.78, 5) is 29.2. The molecule has 0 radical (unpaired) electrons. The van der Waals surface area contributed by atoms with Crippen LogP contribution in [0.4, 0.5) is 5.69 Å². The summed E-state index contributed by atoms with van der Waals surface area (Å²) >= 11 is 0. The third-order valence-corrected chi connectivity index (χ3v) is 6.95. The molecule has 0 spiro atoms. The van der Waals surface area contributed by atoms with E-state index in [9.17, 15) is 18.0 Å². The molecule has 0 aliphatic carbocycles. The number of fused-ring (bicyclic) bond motifs is 1. The molecule has 1 fully saturated rings. The van der Waals surface area contributed by atoms with Crippen molar-refractivity contribution in [2.24, 2.45) is 0 Å². The molecule has 29 heavy (non-hydrogen) atoms. The van der Waals surface area contributed by atoms with Gasteiger partial charge in [0.1, 0.15) is 0 Å². The SMILES string of the molecule is O=C(Cc1ccc(S(=O)(=O)N2CCCCC2)cc1)Nc1ccc2[nH]c(=O)[nH]c2c1. The normalized spacial score (nSPS) is 15.4. The molecule has 2 heterocycles. The number of amides is 1. The number of carbonyl (C=O) groups is 1. The van der Waals surface area contributed by atoms with Crippen LogP contribution in [0.1, 0.15) is 24.8 Å². The molecule has 152 valence electrons. The van der Waals surface area contributed by atoms with Gasteiger partial charge in [0, 0.05) is 18.8 Å². The van der Waals surface area contributed by atoms with E-state index in [1.165, 1.54) is 4.31 Å². The Labute approximate surface area is 168 Å². The van der Waals surface area contributed by atoms with Gasteiger partial charge >= 0.3 is 5.69 Å². The van der Waals surface area contributed by atoms with Crippen molar-refractivity contribution in [1.82, 2.24) is 14.3 Å². The summed E-state index contributed by atoms with van der Waals surface area (Å²) in [5.41, 5.74) is 2.26. The Morgan fingerprint density at radius 2 is 1.66 bits per heavy atom. The molecule has 3 aromatic rings. The van der Waals surface area contributed by atoms with Crippen LogP contribution in [0.2, 0.25) is 0 Å². The van der Waals surface area contributed by atoms with Gasteiger partial charge in [-0.3, -0.25) is 4.79 Å². The first kappa shape index (κ1) is 19.4. The first-order valence-electron chi connectivity index (χ1n) is 9.53. The lowest BCUT2D eigenvalue weighted by Gasteiger charge is -2.25. The Bertz CT molecular complexity index is 1190. The van der Waals surface area contributed by atoms with E-state index in [0.29, 0.717) is 29.8 Å². The monoisotopic (exact) mass is 414 g/mol. The summed E-state index contributed by atoms with van der Waals surface area (Å²) in [5, 5.41) is 2.79. The van der Waals surface area contributed by atoms with Crippen molar-refractivity contribution in [2.45, 2.75) is 30.6 Å². The van der Waals surface area contributed by atoms with E-state index >= 15 is 0 Å². The zero-order valence-corrected chi connectivity index (χ0v) is 16.6. The molecule has 0 atom stereocenters. The molecule has 0 saturated carbocycles. The molecule has 8 nitrogen and oxygen atoms in total. The van der Waals surface area contributed by atoms with Gasteiger partial charge in [-0.2, -0.15) is 4.31 Å². The Balaban J connectivity index is 1.42. The number of benzene rings is 2. The number of carbonyl (C=O) groups excluding carboxylic acids is 1. The average Bonchev–Trinajstić information content (AvgIpc) is 3.08. The van der Waals surface area contributed by atoms with Gasteiger partial charge in [-0.15, -0.1) is 0 Å². The van der Waals surface area contributed by atoms with Crippen LogP contribution in [0.3, 0.4) is 0 Å². The molecule has 4 rings (SSSR count). The highest BCUT2D eigenvalue weighted by molar-refractivity contribution is 7.89. The number of aromatic nitrogens is 2. The quantitative estimate of drug-likeness (QED) is 0.594. The standard InChI is InChI=1S/C20H22N4O4S/c25-19(21-15-6-9-17-18(13-15)23-20(26)22-17)12-14-4-7-16(8-5-14)29(27,28)24-10-2-1-3-11-24/h4-9,13H,1-3,10-12H2,(H,21,25)(H2,22,23,26). The fourth-order valence-corrected chi connectivity index (χ4v) is 5.05. The minimum atomic E-state index is -3.47. The zero-order chi connectivity index (χ0) is 20.4. The Hall–Kier alpha value is -2.91. The van der Waals surface area contributed by atoms with Gasteiger partial charge in [0.05, 0.1) is 22.3 Å². The molecular weight excluding hydrogens is 392 g/mol. The second-order valence-corrected chi connectivity index (χ2v) is 9.11. The summed E-state index contributed by atoms with van der Waals surface area (Å²) in [6.45, 7) is 1.12. The molecule has 0 bridgehead atoms. The van der Waals surface area contributed by atoms with Crippen molar-refractivity contribution < 1.29 is 13.2 Å². The van der Waals surface area contributed by atoms with Crippen molar-refractivity contribution in [1.29, 1.82) is 0 Å². The Morgan fingerprint density at radius 3 is 2.38 bits per heavy atom. The summed E-state index contributed by atoms with van der Waals surface area (Å²) in [6.07, 6.45) is 2.96. The van der Waals surface area contributed by atoms with E-state index in [4.69, 9.17) is 0 Å². The lowest BCUT2D eigenvalue weighted by molar-refractivity contribution is -0.115. The van der Waals surface area contributed by atoms with Crippen LogP contribution in [0.15, 0.2) is 52.2 Å². The van der Waals surface area contributed by atoms with E-state index in [-0.39, 0.29) is 22.9 Å². The molecule has 0 unspecified atom stereocenters. The maximum atomic E-state index is 12.7. The highest BCUT2D eigenvalue weighted by Crippen LogP contribution is 2.21. The third kappa shape index (κ3) is 4.25. The van der Waals surface area contributed by atoms with E-state index in [0.717, 1.165) is 24.8 Å². The topological polar surface area (TPSA) is 115 Å². The van der Waals surface area contributed by atoms with Crippen LogP contribution >= 0.6 is 0 Å². The fraction of sp³-hybridized carbons (Fsp3) is 0.300. The van der Waals surface area contributed by atoms with Crippen molar-refractivity contribution >= 4 is 32.7 Å². The summed E-state index contributed by atoms with van der Waals surface area (Å²) in [6, 6.07) is 11.6. The highest BCUT2D eigenvalue weighted by atomic mass is 32.2. The van der Waals surface area contributed by atoms with E-state index in [2.05, 4.69) is 15.3 Å². The third-order valence-electron chi connectivity index (χ3n) is 5.04. The lowest BCUT2D eigenvalue weighted by atomic mass is 10.1. The molecule has 1 aromatic heterocycles. The summed E-state index contributed by atoms with van der Waals surface area (Å²) in [5.74, 6) is -0.228. The molecule has 1 aliphatic heterocycles. The van der Waals surface area contributed by atoms with Gasteiger partial charge in [0.15, 0.2) is 0 Å². The maximum absolute atomic E-state index is 12.7. The van der Waals surface area contributed by atoms with Gasteiger partial charge in [-0.25, -0.2) is 13.2 Å². The smallest absolute Gasteiger partial charge is 0.323 e. The van der Waals surface area contributed by atoms with E-state index in [1.54, 1.807) is 42.5 Å². The molecule has 2 aromatic carbocycles. The first-order chi connectivity index (χ1) is 13.9. The van der Waals surface area contributed by atoms with Crippen LogP contribution in [-0.2, 0) is 21.2 Å². The van der Waals surface area contributed by atoms with Crippen LogP contribution in [0.25, 0.3) is 11.0 Å². The molecule has 3 N–H and O–H groups in total. The van der Waals surface area contributed by atoms with Gasteiger partial charge in [-0.1, -0.05) is 18.6 Å². The second kappa shape index (κ2) is 7.84. The second-order valence-electron chi connectivity index (χ2n) is 7.17. The number of nitrogens with zero attached hydrogens (tertiary/aromatic N) is 1. The minimum absolute atomic E-state index is 0.117. The molecule has 1 aliphatic rings. The van der Waals surface area contributed by atoms with Gasteiger partial charge in [-0.05, 0) is 48.7 Å². The molecular formula is C20H22N4O4S. The van der Waals surface area contributed by atoms with Gasteiger partial charge in [0.2, 0.25) is 15.9 Å². The Morgan fingerprint density at radius 1 is 0.966 bits per heavy atom. The molecule has 1 amide bonds. The predicted molar refractivity (Wildman–Crippen MR) is 110 cm³/mol. The minimum Gasteiger partial charge on any atom is -0.326 e. The molecule has 1 saturated heterocycles. The van der Waals surface area contributed by atoms with Crippen LogP contribution in [0, 0.1) is 0 Å². The van der Waals surface area contributed by atoms with Gasteiger partial charge < -0.3 is 15.3 Å². The average molecular weight is 414 g/mol. The van der Waals surface area contributed by atoms with Crippen molar-refractivity contribution in [2.75, 3.05) is 18.4 Å². The molecule has 9 heteroatoms. The van der Waals surface area contributed by atoms with Crippen LogP contribution < -0.4 is 11.0 Å². The predicted octanol–water partition coefficient (Wildman–Crippen LogP) is 2.21. The first-order valence-corrected chi connectivity index (χ1v) is 11.0. The number of anilines is 1. The number of piperidine rings is 1. The van der Waals surface area contributed by atoms with Crippen molar-refractivity contribution in [3.8, 4) is 0 Å². The largest absolute Gasteiger partial charge is 0.326 e. The van der Waals surface area contributed by atoms with Crippen molar-refractivity contribution in [3.63, 3.8) is 0 Å². The van der Waals surface area contributed by atoms with Crippen molar-refractivity contribution in [3.05, 3.63) is 58.5 Å². The summed E-state index contributed by atoms with van der Waals surface area (Å²) in [7, 11) is -3.47.